The van der Waals surface area contributed by atoms with Crippen LogP contribution in [0.3, 0.4) is 0 Å². The molecule has 1 unspecified atom stereocenters. The first kappa shape index (κ1) is 14.2. The molecule has 1 aromatic heterocycles. The van der Waals surface area contributed by atoms with Gasteiger partial charge in [-0.25, -0.2) is 0 Å². The Bertz CT molecular complexity index is 404. The summed E-state index contributed by atoms with van der Waals surface area (Å²) in [4.78, 5) is 11.8. The maximum atomic E-state index is 11.8. The third kappa shape index (κ3) is 3.28. The van der Waals surface area contributed by atoms with E-state index in [4.69, 9.17) is 22.1 Å². The lowest BCUT2D eigenvalue weighted by Gasteiger charge is -2.09. The Labute approximate surface area is 106 Å². The van der Waals surface area contributed by atoms with Crippen molar-refractivity contribution in [2.24, 2.45) is 12.8 Å². The molecule has 0 spiro atoms. The standard InChI is InChI=1S/C11H18ClN3O2/c1-4-8-11(12)9(15(2)14-8)5-10(16)7(13)6-17-3/h7H,4-6,13H2,1-3H3. The van der Waals surface area contributed by atoms with Crippen molar-refractivity contribution in [1.29, 1.82) is 0 Å². The number of ketones is 1. The van der Waals surface area contributed by atoms with Crippen LogP contribution in [-0.2, 0) is 29.4 Å². The molecule has 5 nitrogen and oxygen atoms in total. The molecular weight excluding hydrogens is 242 g/mol. The maximum Gasteiger partial charge on any atom is 0.157 e. The van der Waals surface area contributed by atoms with Gasteiger partial charge in [-0.15, -0.1) is 0 Å². The lowest BCUT2D eigenvalue weighted by molar-refractivity contribution is -0.120. The molecule has 0 amide bonds. The minimum atomic E-state index is -0.615. The number of hydrogen-bond donors (Lipinski definition) is 1. The largest absolute Gasteiger partial charge is 0.383 e. The minimum Gasteiger partial charge on any atom is -0.383 e. The van der Waals surface area contributed by atoms with Crippen LogP contribution in [0.25, 0.3) is 0 Å². The van der Waals surface area contributed by atoms with Crippen LogP contribution >= 0.6 is 11.6 Å². The number of nitrogens with two attached hydrogens (primary N) is 1. The van der Waals surface area contributed by atoms with Crippen molar-refractivity contribution >= 4 is 17.4 Å². The number of ether oxygens (including phenoxy) is 1. The van der Waals surface area contributed by atoms with Gasteiger partial charge in [-0.1, -0.05) is 18.5 Å². The number of carbonyl (C=O) groups excluding carboxylic acids is 1. The quantitative estimate of drug-likeness (QED) is 0.817. The number of halogens is 1. The summed E-state index contributed by atoms with van der Waals surface area (Å²) in [5.41, 5.74) is 7.18. The van der Waals surface area contributed by atoms with Crippen LogP contribution in [0.15, 0.2) is 0 Å². The summed E-state index contributed by atoms with van der Waals surface area (Å²) in [6, 6.07) is -0.615. The molecule has 0 aromatic carbocycles. The molecule has 0 fully saturated rings. The first-order valence-corrected chi connectivity index (χ1v) is 5.86. The fourth-order valence-corrected chi connectivity index (χ4v) is 1.94. The molecule has 1 aromatic rings. The predicted octanol–water partition coefficient (Wildman–Crippen LogP) is 0.721. The molecule has 0 aliphatic heterocycles. The molecular formula is C11H18ClN3O2. The van der Waals surface area contributed by atoms with Gasteiger partial charge in [0, 0.05) is 14.2 Å². The lowest BCUT2D eigenvalue weighted by atomic mass is 10.1. The zero-order valence-corrected chi connectivity index (χ0v) is 11.1. The van der Waals surface area contributed by atoms with Crippen molar-refractivity contribution in [2.45, 2.75) is 25.8 Å². The summed E-state index contributed by atoms with van der Waals surface area (Å²) < 4.78 is 6.49. The Morgan fingerprint density at radius 2 is 2.29 bits per heavy atom. The third-order valence-electron chi connectivity index (χ3n) is 2.60. The molecule has 2 N–H and O–H groups in total. The Hall–Kier alpha value is -0.910. The molecule has 1 atom stereocenters. The van der Waals surface area contributed by atoms with Crippen LogP contribution in [0.1, 0.15) is 18.3 Å². The van der Waals surface area contributed by atoms with Gasteiger partial charge < -0.3 is 10.5 Å². The molecule has 6 heteroatoms. The van der Waals surface area contributed by atoms with Crippen molar-refractivity contribution in [3.05, 3.63) is 16.4 Å². The average molecular weight is 260 g/mol. The summed E-state index contributed by atoms with van der Waals surface area (Å²) in [5, 5.41) is 4.81. The van der Waals surface area contributed by atoms with Crippen molar-refractivity contribution in [1.82, 2.24) is 9.78 Å². The molecule has 0 bridgehead atoms. The van der Waals surface area contributed by atoms with E-state index in [1.165, 1.54) is 7.11 Å². The summed E-state index contributed by atoms with van der Waals surface area (Å²) in [7, 11) is 3.29. The molecule has 0 aliphatic carbocycles. The Morgan fingerprint density at radius 1 is 1.65 bits per heavy atom. The molecule has 1 rings (SSSR count). The van der Waals surface area contributed by atoms with Gasteiger partial charge >= 0.3 is 0 Å². The zero-order chi connectivity index (χ0) is 13.0. The second-order valence-electron chi connectivity index (χ2n) is 3.89. The van der Waals surface area contributed by atoms with Crippen LogP contribution in [-0.4, -0.2) is 35.3 Å². The highest BCUT2D eigenvalue weighted by atomic mass is 35.5. The summed E-state index contributed by atoms with van der Waals surface area (Å²) in [6.45, 7) is 2.19. The monoisotopic (exact) mass is 259 g/mol. The van der Waals surface area contributed by atoms with E-state index in [0.29, 0.717) is 10.7 Å². The summed E-state index contributed by atoms with van der Waals surface area (Å²) in [5.74, 6) is -0.0978. The van der Waals surface area contributed by atoms with Crippen LogP contribution < -0.4 is 5.73 Å². The molecule has 0 saturated carbocycles. The smallest absolute Gasteiger partial charge is 0.157 e. The van der Waals surface area contributed by atoms with Gasteiger partial charge in [-0.2, -0.15) is 5.10 Å². The highest BCUT2D eigenvalue weighted by Crippen LogP contribution is 2.21. The van der Waals surface area contributed by atoms with E-state index < -0.39 is 6.04 Å². The van der Waals surface area contributed by atoms with Crippen LogP contribution in [0.5, 0.6) is 0 Å². The average Bonchev–Trinajstić information content (AvgIpc) is 2.56. The van der Waals surface area contributed by atoms with Gasteiger partial charge in [0.15, 0.2) is 5.78 Å². The first-order valence-electron chi connectivity index (χ1n) is 5.48. The van der Waals surface area contributed by atoms with E-state index in [0.717, 1.165) is 12.1 Å². The van der Waals surface area contributed by atoms with Crippen molar-refractivity contribution in [2.75, 3.05) is 13.7 Å². The van der Waals surface area contributed by atoms with E-state index in [9.17, 15) is 4.79 Å². The zero-order valence-electron chi connectivity index (χ0n) is 10.4. The lowest BCUT2D eigenvalue weighted by Crippen LogP contribution is -2.36. The van der Waals surface area contributed by atoms with Gasteiger partial charge in [0.05, 0.1) is 35.5 Å². The Balaban J connectivity index is 2.81. The molecule has 1 heterocycles. The number of carbonyl (C=O) groups is 1. The van der Waals surface area contributed by atoms with Gasteiger partial charge in [-0.3, -0.25) is 9.48 Å². The maximum absolute atomic E-state index is 11.8. The number of hydrogen-bond acceptors (Lipinski definition) is 4. The number of nitrogens with zero attached hydrogens (tertiary/aromatic N) is 2. The van der Waals surface area contributed by atoms with E-state index in [1.807, 2.05) is 6.92 Å². The topological polar surface area (TPSA) is 70.1 Å². The Kier molecular flexibility index (Phi) is 5.11. The number of aryl methyl sites for hydroxylation is 2. The van der Waals surface area contributed by atoms with E-state index in [1.54, 1.807) is 11.7 Å². The second kappa shape index (κ2) is 6.14. The fourth-order valence-electron chi connectivity index (χ4n) is 1.58. The van der Waals surface area contributed by atoms with Gasteiger partial charge in [-0.05, 0) is 6.42 Å². The van der Waals surface area contributed by atoms with Crippen molar-refractivity contribution < 1.29 is 9.53 Å². The highest BCUT2D eigenvalue weighted by molar-refractivity contribution is 6.32. The Morgan fingerprint density at radius 3 is 2.76 bits per heavy atom. The molecule has 96 valence electrons. The third-order valence-corrected chi connectivity index (χ3v) is 3.04. The summed E-state index contributed by atoms with van der Waals surface area (Å²) >= 11 is 6.15. The van der Waals surface area contributed by atoms with Crippen molar-refractivity contribution in [3.8, 4) is 0 Å². The second-order valence-corrected chi connectivity index (χ2v) is 4.27. The van der Waals surface area contributed by atoms with E-state index in [-0.39, 0.29) is 18.8 Å². The van der Waals surface area contributed by atoms with E-state index >= 15 is 0 Å². The van der Waals surface area contributed by atoms with Crippen molar-refractivity contribution in [3.63, 3.8) is 0 Å². The molecule has 0 aliphatic rings. The van der Waals surface area contributed by atoms with Crippen LogP contribution in [0, 0.1) is 0 Å². The summed E-state index contributed by atoms with van der Waals surface area (Å²) in [6.07, 6.45) is 0.928. The highest BCUT2D eigenvalue weighted by Gasteiger charge is 2.19. The predicted molar refractivity (Wildman–Crippen MR) is 66.2 cm³/mol. The minimum absolute atomic E-state index is 0.0978. The van der Waals surface area contributed by atoms with Crippen LogP contribution in [0.2, 0.25) is 5.02 Å². The normalized spacial score (nSPS) is 12.8. The number of aromatic nitrogens is 2. The van der Waals surface area contributed by atoms with Gasteiger partial charge in [0.2, 0.25) is 0 Å². The fraction of sp³-hybridized carbons (Fsp3) is 0.636. The van der Waals surface area contributed by atoms with Crippen LogP contribution in [0.4, 0.5) is 0 Å². The SMILES string of the molecule is CCc1nn(C)c(CC(=O)C(N)COC)c1Cl. The van der Waals surface area contributed by atoms with E-state index in [2.05, 4.69) is 5.10 Å². The van der Waals surface area contributed by atoms with Gasteiger partial charge in [0.1, 0.15) is 0 Å². The first-order chi connectivity index (χ1) is 8.01. The van der Waals surface area contributed by atoms with Gasteiger partial charge in [0.25, 0.3) is 0 Å². The molecule has 0 radical (unpaired) electrons. The number of methoxy groups -OCH3 is 1. The number of rotatable bonds is 6. The molecule has 0 saturated heterocycles. The number of Topliss-reactive ketones (excluding diaryl/α,β-unsaturated/α-hetero) is 1. The molecule has 17 heavy (non-hydrogen) atoms.